The predicted octanol–water partition coefficient (Wildman–Crippen LogP) is 3.21. The monoisotopic (exact) mass is 430 g/mol. The maximum Gasteiger partial charge on any atom is 0.223 e. The molecule has 1 saturated heterocycles. The summed E-state index contributed by atoms with van der Waals surface area (Å²) in [5.74, 6) is 0.754. The highest BCUT2D eigenvalue weighted by molar-refractivity contribution is 5.80. The van der Waals surface area contributed by atoms with Gasteiger partial charge in [0.2, 0.25) is 5.91 Å². The highest BCUT2D eigenvalue weighted by Crippen LogP contribution is 2.38. The molecule has 2 heterocycles. The van der Waals surface area contributed by atoms with Gasteiger partial charge in [-0.3, -0.25) is 4.79 Å². The number of benzene rings is 1. The summed E-state index contributed by atoms with van der Waals surface area (Å²) in [5.41, 5.74) is 2.94. The van der Waals surface area contributed by atoms with Gasteiger partial charge >= 0.3 is 0 Å². The van der Waals surface area contributed by atoms with Crippen LogP contribution in [0, 0.1) is 17.2 Å². The highest BCUT2D eigenvalue weighted by Gasteiger charge is 2.46. The lowest BCUT2D eigenvalue weighted by molar-refractivity contribution is -0.132. The van der Waals surface area contributed by atoms with E-state index in [-0.39, 0.29) is 11.8 Å². The number of piperidine rings is 1. The molecule has 0 bridgehead atoms. The van der Waals surface area contributed by atoms with Crippen molar-refractivity contribution in [3.63, 3.8) is 0 Å². The summed E-state index contributed by atoms with van der Waals surface area (Å²) in [7, 11) is 0. The normalized spacial score (nSPS) is 25.4. The van der Waals surface area contributed by atoms with Gasteiger partial charge in [-0.25, -0.2) is 4.98 Å². The summed E-state index contributed by atoms with van der Waals surface area (Å²) >= 11 is 0. The van der Waals surface area contributed by atoms with E-state index in [1.165, 1.54) is 5.56 Å². The first-order chi connectivity index (χ1) is 15.6. The van der Waals surface area contributed by atoms with Gasteiger partial charge in [-0.1, -0.05) is 36.8 Å². The number of nitriles is 1. The minimum Gasteiger partial charge on any atom is -0.388 e. The molecule has 1 aromatic carbocycles. The number of amides is 1. The number of hydrogen-bond acceptors (Lipinski definition) is 5. The smallest absolute Gasteiger partial charge is 0.223 e. The molecule has 166 valence electrons. The van der Waals surface area contributed by atoms with Crippen molar-refractivity contribution in [2.75, 3.05) is 18.0 Å². The minimum atomic E-state index is -0.828. The van der Waals surface area contributed by atoms with Crippen LogP contribution in [0.25, 0.3) is 0 Å². The minimum absolute atomic E-state index is 0.0391. The van der Waals surface area contributed by atoms with Crippen molar-refractivity contribution in [2.45, 2.75) is 63.0 Å². The summed E-state index contributed by atoms with van der Waals surface area (Å²) in [4.78, 5) is 19.8. The molecule has 6 nitrogen and oxygen atoms in total. The van der Waals surface area contributed by atoms with Crippen molar-refractivity contribution in [1.29, 1.82) is 5.26 Å². The summed E-state index contributed by atoms with van der Waals surface area (Å²) in [6, 6.07) is 14.1. The van der Waals surface area contributed by atoms with Crippen LogP contribution in [-0.2, 0) is 23.2 Å². The Morgan fingerprint density at radius 1 is 1.19 bits per heavy atom. The zero-order chi connectivity index (χ0) is 22.1. The van der Waals surface area contributed by atoms with Crippen LogP contribution in [0.4, 0.5) is 5.82 Å². The first kappa shape index (κ1) is 21.0. The van der Waals surface area contributed by atoms with Gasteiger partial charge in [0.05, 0.1) is 17.2 Å². The van der Waals surface area contributed by atoms with Crippen LogP contribution < -0.4 is 10.2 Å². The van der Waals surface area contributed by atoms with E-state index in [1.807, 2.05) is 41.3 Å². The molecule has 5 rings (SSSR count). The first-order valence-electron chi connectivity index (χ1n) is 11.8. The van der Waals surface area contributed by atoms with E-state index < -0.39 is 11.6 Å². The number of carbonyl (C=O) groups excluding carboxylic acids is 1. The summed E-state index contributed by atoms with van der Waals surface area (Å²) in [6.07, 6.45) is 6.85. The Balaban J connectivity index is 1.45. The molecule has 6 heteroatoms. The lowest BCUT2D eigenvalue weighted by Crippen LogP contribution is -2.63. The third kappa shape index (κ3) is 3.65. The molecule has 2 aromatic rings. The number of carbonyl (C=O) groups is 1. The van der Waals surface area contributed by atoms with Gasteiger partial charge in [0, 0.05) is 24.7 Å². The second-order valence-corrected chi connectivity index (χ2v) is 9.45. The van der Waals surface area contributed by atoms with Crippen LogP contribution in [0.1, 0.15) is 60.9 Å². The zero-order valence-corrected chi connectivity index (χ0v) is 18.4. The summed E-state index contributed by atoms with van der Waals surface area (Å²) in [5, 5.41) is 24.5. The van der Waals surface area contributed by atoms with E-state index in [0.717, 1.165) is 56.2 Å². The Kier molecular flexibility index (Phi) is 5.60. The lowest BCUT2D eigenvalue weighted by atomic mass is 9.76. The Labute approximate surface area is 189 Å². The molecular formula is C26H30N4O2. The summed E-state index contributed by atoms with van der Waals surface area (Å²) < 4.78 is 0. The Morgan fingerprint density at radius 2 is 1.97 bits per heavy atom. The molecule has 3 aliphatic rings. The first-order valence-corrected chi connectivity index (χ1v) is 11.8. The van der Waals surface area contributed by atoms with Crippen molar-refractivity contribution in [2.24, 2.45) is 5.92 Å². The largest absolute Gasteiger partial charge is 0.388 e. The molecule has 1 aromatic heterocycles. The maximum absolute atomic E-state index is 12.9. The van der Waals surface area contributed by atoms with E-state index >= 15 is 0 Å². The van der Waals surface area contributed by atoms with Crippen molar-refractivity contribution in [1.82, 2.24) is 10.3 Å². The predicted molar refractivity (Wildman–Crippen MR) is 122 cm³/mol. The molecule has 2 N–H and O–H groups in total. The highest BCUT2D eigenvalue weighted by atomic mass is 16.3. The average molecular weight is 431 g/mol. The molecule has 1 amide bonds. The van der Waals surface area contributed by atoms with Crippen molar-refractivity contribution in [3.05, 3.63) is 58.8 Å². The third-order valence-electron chi connectivity index (χ3n) is 7.55. The number of aliphatic hydroxyl groups is 1. The number of β-amino-alcohol motifs (C(OH)–C–C–N with tert-alkyl or cyclic N) is 1. The van der Waals surface area contributed by atoms with Crippen LogP contribution in [0.2, 0.25) is 0 Å². The number of rotatable bonds is 4. The molecule has 32 heavy (non-hydrogen) atoms. The summed E-state index contributed by atoms with van der Waals surface area (Å²) in [6.45, 7) is 0.928. The Bertz CT molecular complexity index is 1040. The molecule has 1 aliphatic heterocycles. The second-order valence-electron chi connectivity index (χ2n) is 9.45. The van der Waals surface area contributed by atoms with Crippen LogP contribution in [0.15, 0.2) is 36.4 Å². The second kappa shape index (κ2) is 8.55. The maximum atomic E-state index is 12.9. The van der Waals surface area contributed by atoms with E-state index in [2.05, 4.69) is 11.4 Å². The number of aromatic nitrogens is 1. The molecule has 0 spiro atoms. The Morgan fingerprint density at radius 3 is 2.66 bits per heavy atom. The van der Waals surface area contributed by atoms with Crippen LogP contribution in [0.5, 0.6) is 0 Å². The number of anilines is 1. The SMILES string of the molecule is N#Cc1cc2c(nc1N1CC[C@@](NC(=O)C3CCC3)(c3ccccc3)[C@H](O)C1)CCCC2. The van der Waals surface area contributed by atoms with Gasteiger partial charge in [0.15, 0.2) is 0 Å². The zero-order valence-electron chi connectivity index (χ0n) is 18.4. The van der Waals surface area contributed by atoms with E-state index in [1.54, 1.807) is 0 Å². The fourth-order valence-corrected chi connectivity index (χ4v) is 5.35. The fourth-order valence-electron chi connectivity index (χ4n) is 5.35. The van der Waals surface area contributed by atoms with E-state index in [0.29, 0.717) is 30.9 Å². The molecule has 2 fully saturated rings. The molecule has 0 radical (unpaired) electrons. The van der Waals surface area contributed by atoms with Gasteiger partial charge in [0.1, 0.15) is 11.9 Å². The number of pyridine rings is 1. The standard InChI is InChI=1S/C26H30N4O2/c27-16-20-15-19-7-4-5-12-22(19)28-24(20)30-14-13-26(23(31)17-30,21-10-2-1-3-11-21)29-25(32)18-8-6-9-18/h1-3,10-11,15,18,23,31H,4-9,12-14,17H2,(H,29,32)/t23-,26-/m1/s1. The molecule has 0 unspecified atom stereocenters. The molecule has 2 aliphatic carbocycles. The molecule has 2 atom stereocenters. The number of nitrogens with one attached hydrogen (secondary N) is 1. The molecular weight excluding hydrogens is 400 g/mol. The number of nitrogens with zero attached hydrogens (tertiary/aromatic N) is 3. The van der Waals surface area contributed by atoms with Crippen molar-refractivity contribution in [3.8, 4) is 6.07 Å². The number of fused-ring (bicyclic) bond motifs is 1. The van der Waals surface area contributed by atoms with Crippen LogP contribution in [-0.4, -0.2) is 35.2 Å². The van der Waals surface area contributed by atoms with Crippen LogP contribution >= 0.6 is 0 Å². The van der Waals surface area contributed by atoms with Gasteiger partial charge in [-0.2, -0.15) is 5.26 Å². The third-order valence-corrected chi connectivity index (χ3v) is 7.55. The van der Waals surface area contributed by atoms with Crippen LogP contribution in [0.3, 0.4) is 0 Å². The average Bonchev–Trinajstić information content (AvgIpc) is 2.79. The number of aliphatic hydroxyl groups excluding tert-OH is 1. The topological polar surface area (TPSA) is 89.3 Å². The Hall–Kier alpha value is -2.91. The van der Waals surface area contributed by atoms with Gasteiger partial charge in [-0.05, 0) is 62.1 Å². The van der Waals surface area contributed by atoms with Gasteiger partial charge in [0.25, 0.3) is 0 Å². The van der Waals surface area contributed by atoms with Gasteiger partial charge < -0.3 is 15.3 Å². The number of aryl methyl sites for hydroxylation is 2. The molecule has 1 saturated carbocycles. The number of hydrogen-bond donors (Lipinski definition) is 2. The fraction of sp³-hybridized carbons (Fsp3) is 0.500. The van der Waals surface area contributed by atoms with Crippen molar-refractivity contribution >= 4 is 11.7 Å². The lowest BCUT2D eigenvalue weighted by Gasteiger charge is -2.47. The van der Waals surface area contributed by atoms with Gasteiger partial charge in [-0.15, -0.1) is 0 Å². The van der Waals surface area contributed by atoms with Crippen molar-refractivity contribution < 1.29 is 9.90 Å². The van der Waals surface area contributed by atoms with E-state index in [9.17, 15) is 15.2 Å². The van der Waals surface area contributed by atoms with E-state index in [4.69, 9.17) is 4.98 Å². The quantitative estimate of drug-likeness (QED) is 0.778.